The number of hydrogen-bond donors (Lipinski definition) is 2. The van der Waals surface area contributed by atoms with E-state index in [9.17, 15) is 4.79 Å². The second kappa shape index (κ2) is 5.19. The summed E-state index contributed by atoms with van der Waals surface area (Å²) in [7, 11) is 1.82. The molecule has 1 saturated heterocycles. The molecule has 0 aliphatic carbocycles. The molecule has 1 amide bonds. The molecule has 17 heavy (non-hydrogen) atoms. The van der Waals surface area contributed by atoms with Crippen LogP contribution in [0.15, 0.2) is 24.3 Å². The van der Waals surface area contributed by atoms with Crippen LogP contribution >= 0.6 is 0 Å². The number of nitrogens with one attached hydrogen (secondary N) is 2. The highest BCUT2D eigenvalue weighted by atomic mass is 16.2. The molecule has 0 saturated carbocycles. The summed E-state index contributed by atoms with van der Waals surface area (Å²) in [5.74, 6) is 0.0894. The molecule has 1 heterocycles. The van der Waals surface area contributed by atoms with E-state index in [1.165, 1.54) is 0 Å². The lowest BCUT2D eigenvalue weighted by Crippen LogP contribution is -2.51. The third kappa shape index (κ3) is 3.20. The Kier molecular flexibility index (Phi) is 3.64. The Bertz CT molecular complexity index is 401. The van der Waals surface area contributed by atoms with Crippen LogP contribution in [0, 0.1) is 0 Å². The number of anilines is 1. The molecule has 0 unspecified atom stereocenters. The van der Waals surface area contributed by atoms with Crippen LogP contribution in [-0.2, 0) is 11.3 Å². The predicted octanol–water partition coefficient (Wildman–Crippen LogP) is 1.05. The maximum Gasteiger partial charge on any atom is 0.219 e. The van der Waals surface area contributed by atoms with Crippen molar-refractivity contribution >= 4 is 11.6 Å². The van der Waals surface area contributed by atoms with Crippen LogP contribution in [0.4, 0.5) is 5.69 Å². The van der Waals surface area contributed by atoms with E-state index in [4.69, 9.17) is 0 Å². The Hall–Kier alpha value is -1.55. The van der Waals surface area contributed by atoms with E-state index in [2.05, 4.69) is 22.8 Å². The minimum absolute atomic E-state index is 0.0894. The third-order valence-electron chi connectivity index (χ3n) is 3.04. The van der Waals surface area contributed by atoms with Gasteiger partial charge in [-0.15, -0.1) is 0 Å². The first-order chi connectivity index (χ1) is 8.15. The summed E-state index contributed by atoms with van der Waals surface area (Å²) < 4.78 is 0. The number of carbonyl (C=O) groups is 1. The van der Waals surface area contributed by atoms with Gasteiger partial charge in [-0.3, -0.25) is 4.79 Å². The Balaban J connectivity index is 1.97. The highest BCUT2D eigenvalue weighted by Crippen LogP contribution is 2.14. The molecule has 2 rings (SSSR count). The van der Waals surface area contributed by atoms with Crippen LogP contribution in [0.1, 0.15) is 12.5 Å². The van der Waals surface area contributed by atoms with Crippen molar-refractivity contribution in [3.8, 4) is 0 Å². The molecular formula is C13H19N3O. The molecule has 0 aromatic heterocycles. The first kappa shape index (κ1) is 11.9. The minimum atomic E-state index is 0.0894. The van der Waals surface area contributed by atoms with Crippen molar-refractivity contribution in [2.24, 2.45) is 0 Å². The zero-order valence-corrected chi connectivity index (χ0v) is 10.4. The minimum Gasteiger partial charge on any atom is -0.380 e. The zero-order chi connectivity index (χ0) is 12.3. The molecule has 4 heteroatoms. The van der Waals surface area contributed by atoms with Crippen molar-refractivity contribution < 1.29 is 4.79 Å². The third-order valence-corrected chi connectivity index (χ3v) is 3.04. The predicted molar refractivity (Wildman–Crippen MR) is 68.9 cm³/mol. The lowest BCUT2D eigenvalue weighted by molar-refractivity contribution is -0.128. The number of benzene rings is 1. The summed E-state index contributed by atoms with van der Waals surface area (Å²) >= 11 is 0. The van der Waals surface area contributed by atoms with Gasteiger partial charge in [0.25, 0.3) is 0 Å². The second-order valence-electron chi connectivity index (χ2n) is 4.57. The van der Waals surface area contributed by atoms with Gasteiger partial charge >= 0.3 is 0 Å². The summed E-state index contributed by atoms with van der Waals surface area (Å²) in [4.78, 5) is 12.9. The lowest BCUT2D eigenvalue weighted by atomic mass is 10.1. The molecule has 0 atom stereocenters. The van der Waals surface area contributed by atoms with E-state index in [0.717, 1.165) is 24.3 Å². The van der Waals surface area contributed by atoms with Gasteiger partial charge in [-0.2, -0.15) is 0 Å². The molecule has 1 aliphatic heterocycles. The second-order valence-corrected chi connectivity index (χ2v) is 4.57. The van der Waals surface area contributed by atoms with E-state index in [-0.39, 0.29) is 5.91 Å². The summed E-state index contributed by atoms with van der Waals surface area (Å²) in [5.41, 5.74) is 2.28. The molecule has 1 aromatic rings. The molecule has 4 nitrogen and oxygen atoms in total. The fourth-order valence-corrected chi connectivity index (χ4v) is 1.77. The molecule has 1 fully saturated rings. The Morgan fingerprint density at radius 3 is 2.88 bits per heavy atom. The van der Waals surface area contributed by atoms with Crippen LogP contribution in [0.5, 0.6) is 0 Å². The van der Waals surface area contributed by atoms with Gasteiger partial charge in [0.05, 0.1) is 6.04 Å². The number of rotatable bonds is 4. The largest absolute Gasteiger partial charge is 0.380 e. The number of carbonyl (C=O) groups excluding carboxylic acids is 1. The number of nitrogens with zero attached hydrogens (tertiary/aromatic N) is 1. The maximum atomic E-state index is 11.2. The summed E-state index contributed by atoms with van der Waals surface area (Å²) in [5, 5.41) is 6.68. The maximum absolute atomic E-state index is 11.2. The fourth-order valence-electron chi connectivity index (χ4n) is 1.77. The van der Waals surface area contributed by atoms with E-state index in [1.807, 2.05) is 19.2 Å². The number of hydrogen-bond acceptors (Lipinski definition) is 3. The molecule has 1 aliphatic rings. The normalized spacial score (nSPS) is 15.2. The standard InChI is InChI=1S/C13H19N3O/c1-10(17)16(2)9-11-4-3-5-12(6-11)15-13-7-14-8-13/h3-6,13-15H,7-9H2,1-2H3. The Labute approximate surface area is 102 Å². The van der Waals surface area contributed by atoms with E-state index in [0.29, 0.717) is 12.6 Å². The Morgan fingerprint density at radius 1 is 1.53 bits per heavy atom. The monoisotopic (exact) mass is 233 g/mol. The summed E-state index contributed by atoms with van der Waals surface area (Å²) in [6, 6.07) is 8.78. The van der Waals surface area contributed by atoms with Crippen molar-refractivity contribution in [1.82, 2.24) is 10.2 Å². The molecule has 0 bridgehead atoms. The Morgan fingerprint density at radius 2 is 2.29 bits per heavy atom. The van der Waals surface area contributed by atoms with Gasteiger partial charge in [0.15, 0.2) is 0 Å². The van der Waals surface area contributed by atoms with Gasteiger partial charge in [0, 0.05) is 39.3 Å². The highest BCUT2D eigenvalue weighted by Gasteiger charge is 2.15. The van der Waals surface area contributed by atoms with Crippen molar-refractivity contribution in [3.05, 3.63) is 29.8 Å². The van der Waals surface area contributed by atoms with Crippen molar-refractivity contribution in [1.29, 1.82) is 0 Å². The first-order valence-electron chi connectivity index (χ1n) is 5.93. The molecule has 92 valence electrons. The molecular weight excluding hydrogens is 214 g/mol. The first-order valence-corrected chi connectivity index (χ1v) is 5.93. The van der Waals surface area contributed by atoms with Gasteiger partial charge < -0.3 is 15.5 Å². The number of amides is 1. The average Bonchev–Trinajstić information content (AvgIpc) is 2.24. The quantitative estimate of drug-likeness (QED) is 0.817. The smallest absolute Gasteiger partial charge is 0.219 e. The molecule has 0 spiro atoms. The van der Waals surface area contributed by atoms with Crippen LogP contribution < -0.4 is 10.6 Å². The van der Waals surface area contributed by atoms with Gasteiger partial charge in [-0.1, -0.05) is 12.1 Å². The molecule has 0 radical (unpaired) electrons. The van der Waals surface area contributed by atoms with Gasteiger partial charge in [0.2, 0.25) is 5.91 Å². The van der Waals surface area contributed by atoms with Crippen LogP contribution in [0.2, 0.25) is 0 Å². The van der Waals surface area contributed by atoms with Crippen LogP contribution in [0.3, 0.4) is 0 Å². The topological polar surface area (TPSA) is 44.4 Å². The van der Waals surface area contributed by atoms with Gasteiger partial charge in [0.1, 0.15) is 0 Å². The summed E-state index contributed by atoms with van der Waals surface area (Å²) in [6.45, 7) is 4.30. The molecule has 1 aromatic carbocycles. The zero-order valence-electron chi connectivity index (χ0n) is 10.4. The van der Waals surface area contributed by atoms with E-state index in [1.54, 1.807) is 11.8 Å². The van der Waals surface area contributed by atoms with E-state index < -0.39 is 0 Å². The van der Waals surface area contributed by atoms with E-state index >= 15 is 0 Å². The van der Waals surface area contributed by atoms with Gasteiger partial charge in [-0.25, -0.2) is 0 Å². The fraction of sp³-hybridized carbons (Fsp3) is 0.462. The SMILES string of the molecule is CC(=O)N(C)Cc1cccc(NC2CNC2)c1. The van der Waals surface area contributed by atoms with Crippen LogP contribution in [0.25, 0.3) is 0 Å². The molecule has 2 N–H and O–H groups in total. The van der Waals surface area contributed by atoms with Crippen molar-refractivity contribution in [2.75, 3.05) is 25.5 Å². The van der Waals surface area contributed by atoms with Crippen LogP contribution in [-0.4, -0.2) is 37.0 Å². The van der Waals surface area contributed by atoms with Crippen molar-refractivity contribution in [3.63, 3.8) is 0 Å². The van der Waals surface area contributed by atoms with Crippen molar-refractivity contribution in [2.45, 2.75) is 19.5 Å². The lowest BCUT2D eigenvalue weighted by Gasteiger charge is -2.29. The van der Waals surface area contributed by atoms with Gasteiger partial charge in [-0.05, 0) is 17.7 Å². The summed E-state index contributed by atoms with van der Waals surface area (Å²) in [6.07, 6.45) is 0. The highest BCUT2D eigenvalue weighted by molar-refractivity contribution is 5.72. The average molecular weight is 233 g/mol.